The van der Waals surface area contributed by atoms with E-state index < -0.39 is 0 Å². The number of nitrogens with zero attached hydrogens (tertiary/aromatic N) is 2. The topological polar surface area (TPSA) is 62.3 Å². The van der Waals surface area contributed by atoms with Gasteiger partial charge in [-0.2, -0.15) is 0 Å². The Morgan fingerprint density at radius 2 is 2.19 bits per heavy atom. The Hall–Kier alpha value is -1.43. The third-order valence-electron chi connectivity index (χ3n) is 3.39. The fourth-order valence-electron chi connectivity index (χ4n) is 2.35. The standard InChI is InChI=1S/C15H23N3O2S/c1-4-5-13(19)17-15-16-11-6-7-18(9-12(11)21-15)14(20)8-10(2)3/h10H,4-9H2,1-3H3,(H,16,17,19). The number of fused-ring (bicyclic) bond motifs is 1. The summed E-state index contributed by atoms with van der Waals surface area (Å²) in [6, 6.07) is 0. The first-order valence-electron chi connectivity index (χ1n) is 7.55. The van der Waals surface area contributed by atoms with Crippen molar-refractivity contribution in [2.45, 2.75) is 53.0 Å². The highest BCUT2D eigenvalue weighted by molar-refractivity contribution is 7.15. The van der Waals surface area contributed by atoms with Gasteiger partial charge in [0, 0.05) is 30.7 Å². The Kier molecular flexibility index (Phi) is 5.33. The number of rotatable bonds is 5. The van der Waals surface area contributed by atoms with Gasteiger partial charge >= 0.3 is 0 Å². The highest BCUT2D eigenvalue weighted by Gasteiger charge is 2.24. The van der Waals surface area contributed by atoms with E-state index >= 15 is 0 Å². The minimum Gasteiger partial charge on any atom is -0.337 e. The summed E-state index contributed by atoms with van der Waals surface area (Å²) >= 11 is 1.49. The van der Waals surface area contributed by atoms with E-state index in [-0.39, 0.29) is 11.8 Å². The van der Waals surface area contributed by atoms with Gasteiger partial charge in [-0.25, -0.2) is 4.98 Å². The molecule has 0 saturated carbocycles. The molecule has 6 heteroatoms. The first kappa shape index (κ1) is 15.9. The molecule has 1 N–H and O–H groups in total. The Labute approximate surface area is 129 Å². The van der Waals surface area contributed by atoms with Crippen molar-refractivity contribution in [1.82, 2.24) is 9.88 Å². The van der Waals surface area contributed by atoms with Crippen LogP contribution < -0.4 is 5.32 Å². The minimum atomic E-state index is 0.0105. The van der Waals surface area contributed by atoms with Gasteiger partial charge in [0.1, 0.15) is 0 Å². The van der Waals surface area contributed by atoms with Gasteiger partial charge in [-0.15, -0.1) is 0 Å². The van der Waals surface area contributed by atoms with Gasteiger partial charge in [0.15, 0.2) is 5.13 Å². The molecule has 0 unspecified atom stereocenters. The number of amides is 2. The van der Waals surface area contributed by atoms with Crippen LogP contribution in [0.3, 0.4) is 0 Å². The number of carbonyl (C=O) groups is 2. The van der Waals surface area contributed by atoms with Crippen molar-refractivity contribution >= 4 is 28.3 Å². The lowest BCUT2D eigenvalue weighted by Gasteiger charge is -2.26. The van der Waals surface area contributed by atoms with Gasteiger partial charge in [-0.05, 0) is 12.3 Å². The molecule has 0 aromatic carbocycles. The molecule has 0 aliphatic carbocycles. The SMILES string of the molecule is CCCC(=O)Nc1nc2c(s1)CN(C(=O)CC(C)C)CC2. The fourth-order valence-corrected chi connectivity index (χ4v) is 3.39. The van der Waals surface area contributed by atoms with Crippen molar-refractivity contribution in [1.29, 1.82) is 0 Å². The molecule has 0 radical (unpaired) electrons. The summed E-state index contributed by atoms with van der Waals surface area (Å²) in [6.45, 7) is 7.44. The number of aromatic nitrogens is 1. The summed E-state index contributed by atoms with van der Waals surface area (Å²) in [5.74, 6) is 0.598. The van der Waals surface area contributed by atoms with Crippen LogP contribution in [0.1, 0.15) is 50.6 Å². The Balaban J connectivity index is 1.99. The van der Waals surface area contributed by atoms with Crippen LogP contribution in [0.25, 0.3) is 0 Å². The van der Waals surface area contributed by atoms with Crippen molar-refractivity contribution < 1.29 is 9.59 Å². The van der Waals surface area contributed by atoms with Crippen molar-refractivity contribution in [2.75, 3.05) is 11.9 Å². The zero-order chi connectivity index (χ0) is 15.4. The van der Waals surface area contributed by atoms with Crippen LogP contribution in [0, 0.1) is 5.92 Å². The van der Waals surface area contributed by atoms with E-state index in [4.69, 9.17) is 0 Å². The summed E-state index contributed by atoms with van der Waals surface area (Å²) < 4.78 is 0. The van der Waals surface area contributed by atoms with E-state index in [2.05, 4.69) is 24.1 Å². The molecule has 0 atom stereocenters. The molecule has 1 aromatic rings. The van der Waals surface area contributed by atoms with Crippen molar-refractivity contribution in [3.05, 3.63) is 10.6 Å². The number of nitrogens with one attached hydrogen (secondary N) is 1. The van der Waals surface area contributed by atoms with E-state index in [1.807, 2.05) is 11.8 Å². The summed E-state index contributed by atoms with van der Waals surface area (Å²) in [4.78, 5) is 31.2. The van der Waals surface area contributed by atoms with Gasteiger partial charge in [-0.3, -0.25) is 9.59 Å². The molecule has 5 nitrogen and oxygen atoms in total. The van der Waals surface area contributed by atoms with E-state index in [1.54, 1.807) is 0 Å². The minimum absolute atomic E-state index is 0.0105. The van der Waals surface area contributed by atoms with Crippen LogP contribution in [-0.2, 0) is 22.6 Å². The number of thiazole rings is 1. The molecule has 116 valence electrons. The van der Waals surface area contributed by atoms with Crippen LogP contribution in [-0.4, -0.2) is 28.2 Å². The average Bonchev–Trinajstić information content (AvgIpc) is 2.78. The predicted octanol–water partition coefficient (Wildman–Crippen LogP) is 2.81. The lowest BCUT2D eigenvalue weighted by Crippen LogP contribution is -2.36. The van der Waals surface area contributed by atoms with E-state index in [0.717, 1.165) is 30.0 Å². The molecule has 0 fully saturated rings. The second-order valence-electron chi connectivity index (χ2n) is 5.85. The molecule has 2 heterocycles. The molecule has 0 saturated heterocycles. The highest BCUT2D eigenvalue weighted by Crippen LogP contribution is 2.29. The number of hydrogen-bond acceptors (Lipinski definition) is 4. The van der Waals surface area contributed by atoms with Crippen molar-refractivity contribution in [3.63, 3.8) is 0 Å². The first-order chi connectivity index (χ1) is 9.99. The largest absolute Gasteiger partial charge is 0.337 e. The summed E-state index contributed by atoms with van der Waals surface area (Å²) in [5.41, 5.74) is 1.03. The molecule has 2 rings (SSSR count). The summed E-state index contributed by atoms with van der Waals surface area (Å²) in [6.07, 6.45) is 2.71. The maximum absolute atomic E-state index is 12.1. The molecule has 2 amide bonds. The number of anilines is 1. The quantitative estimate of drug-likeness (QED) is 0.909. The maximum Gasteiger partial charge on any atom is 0.226 e. The van der Waals surface area contributed by atoms with Crippen molar-refractivity contribution in [3.8, 4) is 0 Å². The third kappa shape index (κ3) is 4.27. The van der Waals surface area contributed by atoms with Crippen LogP contribution in [0.2, 0.25) is 0 Å². The van der Waals surface area contributed by atoms with Crippen LogP contribution >= 0.6 is 11.3 Å². The summed E-state index contributed by atoms with van der Waals surface area (Å²) in [7, 11) is 0. The first-order valence-corrected chi connectivity index (χ1v) is 8.37. The van der Waals surface area contributed by atoms with Gasteiger partial charge in [0.2, 0.25) is 11.8 Å². The number of carbonyl (C=O) groups excluding carboxylic acids is 2. The highest BCUT2D eigenvalue weighted by atomic mass is 32.1. The fraction of sp³-hybridized carbons (Fsp3) is 0.667. The lowest BCUT2D eigenvalue weighted by atomic mass is 10.1. The molecular weight excluding hydrogens is 286 g/mol. The molecule has 0 spiro atoms. The maximum atomic E-state index is 12.1. The second-order valence-corrected chi connectivity index (χ2v) is 6.93. The zero-order valence-corrected chi connectivity index (χ0v) is 13.8. The Morgan fingerprint density at radius 1 is 1.43 bits per heavy atom. The predicted molar refractivity (Wildman–Crippen MR) is 84.2 cm³/mol. The molecule has 21 heavy (non-hydrogen) atoms. The third-order valence-corrected chi connectivity index (χ3v) is 4.39. The monoisotopic (exact) mass is 309 g/mol. The Morgan fingerprint density at radius 3 is 2.86 bits per heavy atom. The molecular formula is C15H23N3O2S. The van der Waals surface area contributed by atoms with Gasteiger partial charge in [0.25, 0.3) is 0 Å². The smallest absolute Gasteiger partial charge is 0.226 e. The second kappa shape index (κ2) is 7.02. The molecule has 1 aromatic heterocycles. The van der Waals surface area contributed by atoms with Gasteiger partial charge in [0.05, 0.1) is 12.2 Å². The van der Waals surface area contributed by atoms with E-state index in [0.29, 0.717) is 30.4 Å². The average molecular weight is 309 g/mol. The summed E-state index contributed by atoms with van der Waals surface area (Å²) in [5, 5.41) is 3.50. The normalized spacial score (nSPS) is 14.2. The van der Waals surface area contributed by atoms with Gasteiger partial charge < -0.3 is 10.2 Å². The van der Waals surface area contributed by atoms with E-state index in [9.17, 15) is 9.59 Å². The van der Waals surface area contributed by atoms with E-state index in [1.165, 1.54) is 11.3 Å². The lowest BCUT2D eigenvalue weighted by molar-refractivity contribution is -0.132. The Bertz CT molecular complexity index is 525. The molecule has 0 bridgehead atoms. The number of hydrogen-bond donors (Lipinski definition) is 1. The van der Waals surface area contributed by atoms with Crippen LogP contribution in [0.5, 0.6) is 0 Å². The molecule has 1 aliphatic heterocycles. The van der Waals surface area contributed by atoms with Crippen LogP contribution in [0.15, 0.2) is 0 Å². The van der Waals surface area contributed by atoms with Crippen LogP contribution in [0.4, 0.5) is 5.13 Å². The zero-order valence-electron chi connectivity index (χ0n) is 12.9. The molecule has 1 aliphatic rings. The van der Waals surface area contributed by atoms with Gasteiger partial charge in [-0.1, -0.05) is 32.1 Å². The van der Waals surface area contributed by atoms with Crippen molar-refractivity contribution in [2.24, 2.45) is 5.92 Å².